The molecule has 0 saturated carbocycles. The Labute approximate surface area is 144 Å². The number of carbonyl (C=O) groups is 1. The fourth-order valence-corrected chi connectivity index (χ4v) is 2.36. The molecule has 7 nitrogen and oxygen atoms in total. The molecular weight excluding hydrogens is 324 g/mol. The molecule has 2 N–H and O–H groups in total. The van der Waals surface area contributed by atoms with Crippen molar-refractivity contribution < 1.29 is 24.1 Å². The second-order valence-corrected chi connectivity index (χ2v) is 5.42. The Kier molecular flexibility index (Phi) is 4.74. The molecule has 25 heavy (non-hydrogen) atoms. The molecule has 1 aliphatic heterocycles. The van der Waals surface area contributed by atoms with Crippen LogP contribution in [0.4, 0.5) is 0 Å². The number of methoxy groups -OCH3 is 1. The van der Waals surface area contributed by atoms with Gasteiger partial charge in [0.2, 0.25) is 6.10 Å². The summed E-state index contributed by atoms with van der Waals surface area (Å²) in [6.07, 6.45) is -0.795. The lowest BCUT2D eigenvalue weighted by Gasteiger charge is -2.24. The Hall–Kier alpha value is -3.22. The summed E-state index contributed by atoms with van der Waals surface area (Å²) < 4.78 is 16.2. The minimum atomic E-state index is -0.795. The summed E-state index contributed by atoms with van der Waals surface area (Å²) >= 11 is 0. The van der Waals surface area contributed by atoms with Gasteiger partial charge in [0.05, 0.1) is 12.8 Å². The topological polar surface area (TPSA) is 89.4 Å². The zero-order chi connectivity index (χ0) is 17.8. The van der Waals surface area contributed by atoms with Crippen LogP contribution in [-0.4, -0.2) is 36.5 Å². The van der Waals surface area contributed by atoms with E-state index < -0.39 is 12.0 Å². The highest BCUT2D eigenvalue weighted by molar-refractivity contribution is 6.01. The quantitative estimate of drug-likeness (QED) is 0.656. The van der Waals surface area contributed by atoms with Crippen molar-refractivity contribution in [2.24, 2.45) is 5.10 Å². The molecule has 0 aromatic heterocycles. The summed E-state index contributed by atoms with van der Waals surface area (Å²) in [5.74, 6) is 1.24. The predicted octanol–water partition coefficient (Wildman–Crippen LogP) is 2.08. The summed E-state index contributed by atoms with van der Waals surface area (Å²) in [7, 11) is 1.51. The third-order valence-electron chi connectivity index (χ3n) is 3.73. The van der Waals surface area contributed by atoms with E-state index in [0.29, 0.717) is 28.5 Å². The number of nitrogens with one attached hydrogen (secondary N) is 1. The van der Waals surface area contributed by atoms with Crippen LogP contribution in [0.2, 0.25) is 0 Å². The highest BCUT2D eigenvalue weighted by Gasteiger charge is 2.27. The number of nitrogens with zero attached hydrogens (tertiary/aromatic N) is 1. The fraction of sp³-hybridized carbons (Fsp3) is 0.222. The van der Waals surface area contributed by atoms with Gasteiger partial charge in [0.25, 0.3) is 5.91 Å². The average Bonchev–Trinajstić information content (AvgIpc) is 2.65. The van der Waals surface area contributed by atoms with Crippen molar-refractivity contribution in [2.75, 3.05) is 13.7 Å². The number of hydrazone groups is 1. The summed E-state index contributed by atoms with van der Waals surface area (Å²) in [5, 5.41) is 14.0. The molecule has 0 spiro atoms. The van der Waals surface area contributed by atoms with Crippen LogP contribution >= 0.6 is 0 Å². The summed E-state index contributed by atoms with van der Waals surface area (Å²) in [6, 6.07) is 12.0. The van der Waals surface area contributed by atoms with Crippen molar-refractivity contribution >= 4 is 11.6 Å². The highest BCUT2D eigenvalue weighted by Crippen LogP contribution is 2.30. The van der Waals surface area contributed by atoms with Crippen LogP contribution in [0.5, 0.6) is 23.0 Å². The number of phenolic OH excluding ortho intramolecular Hbond substituents is 1. The zero-order valence-corrected chi connectivity index (χ0v) is 13.9. The molecular formula is C18H18N2O5. The normalized spacial score (nSPS) is 16.2. The van der Waals surface area contributed by atoms with Gasteiger partial charge < -0.3 is 19.3 Å². The first kappa shape index (κ1) is 16.6. The third-order valence-corrected chi connectivity index (χ3v) is 3.73. The number of ether oxygens (including phenoxy) is 3. The highest BCUT2D eigenvalue weighted by atomic mass is 16.6. The van der Waals surface area contributed by atoms with Gasteiger partial charge in [-0.1, -0.05) is 12.1 Å². The largest absolute Gasteiger partial charge is 0.507 e. The average molecular weight is 342 g/mol. The standard InChI is InChI=1S/C18H18N2O5/c1-11(13-8-7-12(23-2)9-14(13)21)19-20-18(22)17-10-24-15-5-3-4-6-16(15)25-17/h3-9,17,21H,10H2,1-2H3,(H,20,22)/b19-11+. The number of phenols is 1. The van der Waals surface area contributed by atoms with Crippen LogP contribution in [0.1, 0.15) is 12.5 Å². The molecule has 1 amide bonds. The lowest BCUT2D eigenvalue weighted by Crippen LogP contribution is -2.42. The van der Waals surface area contributed by atoms with Crippen LogP contribution in [0.3, 0.4) is 0 Å². The van der Waals surface area contributed by atoms with E-state index in [0.717, 1.165) is 0 Å². The van der Waals surface area contributed by atoms with Crippen molar-refractivity contribution in [3.8, 4) is 23.0 Å². The number of aromatic hydroxyl groups is 1. The molecule has 1 atom stereocenters. The van der Waals surface area contributed by atoms with Gasteiger partial charge in [-0.25, -0.2) is 5.43 Å². The number of hydrogen-bond acceptors (Lipinski definition) is 6. The first-order valence-corrected chi connectivity index (χ1v) is 7.68. The number of fused-ring (bicyclic) bond motifs is 1. The number of para-hydroxylation sites is 2. The third kappa shape index (κ3) is 3.65. The molecule has 130 valence electrons. The molecule has 0 radical (unpaired) electrons. The lowest BCUT2D eigenvalue weighted by atomic mass is 10.1. The van der Waals surface area contributed by atoms with Crippen molar-refractivity contribution in [3.63, 3.8) is 0 Å². The lowest BCUT2D eigenvalue weighted by molar-refractivity contribution is -0.130. The molecule has 0 bridgehead atoms. The minimum absolute atomic E-state index is 0.0148. The summed E-state index contributed by atoms with van der Waals surface area (Å²) in [5.41, 5.74) is 3.38. The molecule has 1 aliphatic rings. The summed E-state index contributed by atoms with van der Waals surface area (Å²) in [4.78, 5) is 12.2. The monoisotopic (exact) mass is 342 g/mol. The first-order chi connectivity index (χ1) is 12.1. The zero-order valence-electron chi connectivity index (χ0n) is 13.9. The van der Waals surface area contributed by atoms with Gasteiger partial charge >= 0.3 is 0 Å². The number of hydrogen-bond donors (Lipinski definition) is 2. The fourth-order valence-electron chi connectivity index (χ4n) is 2.36. The predicted molar refractivity (Wildman–Crippen MR) is 91.4 cm³/mol. The maximum Gasteiger partial charge on any atom is 0.284 e. The Morgan fingerprint density at radius 2 is 2.04 bits per heavy atom. The van der Waals surface area contributed by atoms with Gasteiger partial charge in [-0.3, -0.25) is 4.79 Å². The molecule has 7 heteroatoms. The van der Waals surface area contributed by atoms with Gasteiger partial charge in [-0.15, -0.1) is 0 Å². The Morgan fingerprint density at radius 3 is 2.76 bits per heavy atom. The van der Waals surface area contributed by atoms with Crippen molar-refractivity contribution in [2.45, 2.75) is 13.0 Å². The molecule has 0 aliphatic carbocycles. The second-order valence-electron chi connectivity index (χ2n) is 5.42. The Bertz CT molecular complexity index is 819. The molecule has 1 unspecified atom stereocenters. The maximum atomic E-state index is 12.2. The SMILES string of the molecule is COc1ccc(/C(C)=N/NC(=O)C2COc3ccccc3O2)c(O)c1. The molecule has 0 fully saturated rings. The summed E-state index contributed by atoms with van der Waals surface area (Å²) in [6.45, 7) is 1.78. The van der Waals surface area contributed by atoms with Crippen molar-refractivity contribution in [1.82, 2.24) is 5.43 Å². The number of rotatable bonds is 4. The van der Waals surface area contributed by atoms with Crippen LogP contribution < -0.4 is 19.6 Å². The van der Waals surface area contributed by atoms with E-state index in [9.17, 15) is 9.90 Å². The van der Waals surface area contributed by atoms with Crippen LogP contribution in [0.15, 0.2) is 47.6 Å². The van der Waals surface area contributed by atoms with E-state index >= 15 is 0 Å². The Morgan fingerprint density at radius 1 is 1.28 bits per heavy atom. The first-order valence-electron chi connectivity index (χ1n) is 7.68. The van der Waals surface area contributed by atoms with Gasteiger partial charge in [-0.05, 0) is 31.2 Å². The van der Waals surface area contributed by atoms with Crippen molar-refractivity contribution in [1.29, 1.82) is 0 Å². The number of benzene rings is 2. The Balaban J connectivity index is 1.66. The van der Waals surface area contributed by atoms with Crippen molar-refractivity contribution in [3.05, 3.63) is 48.0 Å². The van der Waals surface area contributed by atoms with E-state index in [2.05, 4.69) is 10.5 Å². The van der Waals surface area contributed by atoms with Gasteiger partial charge in [0.1, 0.15) is 18.1 Å². The van der Waals surface area contributed by atoms with E-state index in [1.807, 2.05) is 6.07 Å². The molecule has 2 aromatic rings. The van der Waals surface area contributed by atoms with Gasteiger partial charge in [0.15, 0.2) is 11.5 Å². The van der Waals surface area contributed by atoms with E-state index in [-0.39, 0.29) is 12.4 Å². The maximum absolute atomic E-state index is 12.2. The molecule has 0 saturated heterocycles. The van der Waals surface area contributed by atoms with Crippen LogP contribution in [0, 0.1) is 0 Å². The number of carbonyl (C=O) groups excluding carboxylic acids is 1. The van der Waals surface area contributed by atoms with E-state index in [1.165, 1.54) is 13.2 Å². The molecule has 3 rings (SSSR count). The minimum Gasteiger partial charge on any atom is -0.507 e. The second kappa shape index (κ2) is 7.12. The van der Waals surface area contributed by atoms with Crippen LogP contribution in [0.25, 0.3) is 0 Å². The number of amides is 1. The molecule has 2 aromatic carbocycles. The van der Waals surface area contributed by atoms with Crippen LogP contribution in [-0.2, 0) is 4.79 Å². The van der Waals surface area contributed by atoms with Gasteiger partial charge in [0, 0.05) is 11.6 Å². The van der Waals surface area contributed by atoms with Gasteiger partial charge in [-0.2, -0.15) is 5.10 Å². The molecule has 1 heterocycles. The van der Waals surface area contributed by atoms with E-state index in [1.54, 1.807) is 37.3 Å². The smallest absolute Gasteiger partial charge is 0.284 e. The van der Waals surface area contributed by atoms with E-state index in [4.69, 9.17) is 14.2 Å².